The minimum atomic E-state index is -0.607. The molecule has 2 N–H and O–H groups in total. The van der Waals surface area contributed by atoms with Crippen molar-refractivity contribution in [3.8, 4) is 5.75 Å². The van der Waals surface area contributed by atoms with Crippen LogP contribution in [-0.4, -0.2) is 23.4 Å². The number of hydrogen-bond acceptors (Lipinski definition) is 4. The van der Waals surface area contributed by atoms with Crippen LogP contribution in [0.4, 0.5) is 5.69 Å². The minimum Gasteiger partial charge on any atom is -0.483 e. The molecule has 0 aliphatic rings. The molecule has 0 aliphatic carbocycles. The average molecular weight is 425 g/mol. The van der Waals surface area contributed by atoms with Gasteiger partial charge in [0.05, 0.1) is 23.3 Å². The number of carbonyl (C=O) groups excluding carboxylic acids is 2. The van der Waals surface area contributed by atoms with Crippen molar-refractivity contribution < 1.29 is 14.3 Å². The van der Waals surface area contributed by atoms with Gasteiger partial charge in [0.2, 0.25) is 0 Å². The van der Waals surface area contributed by atoms with E-state index in [1.165, 1.54) is 0 Å². The fraction of sp³-hybridized carbons (Fsp3) is 0.115. The Hall–Kier alpha value is -4.19. The zero-order valence-electron chi connectivity index (χ0n) is 17.7. The molecule has 0 unspecified atom stereocenters. The number of benzene rings is 3. The van der Waals surface area contributed by atoms with E-state index in [9.17, 15) is 9.59 Å². The topological polar surface area (TPSA) is 85.5 Å². The van der Waals surface area contributed by atoms with Crippen molar-refractivity contribution in [2.45, 2.75) is 13.5 Å². The predicted molar refractivity (Wildman–Crippen MR) is 125 cm³/mol. The maximum atomic E-state index is 13.3. The molecule has 0 atom stereocenters. The molecule has 1 heterocycles. The standard InChI is InChI=1S/C26H23N3O3/c1-18-8-2-6-12-23(18)29(16-20-15-14-19-9-3-5-11-22(19)28-20)25(30)17-32-24-13-7-4-10-21(24)26(27)31/h2-15H,16-17H2,1H3,(H2,27,31). The van der Waals surface area contributed by atoms with Gasteiger partial charge in [0, 0.05) is 11.1 Å². The van der Waals surface area contributed by atoms with Crippen LogP contribution in [0.15, 0.2) is 84.9 Å². The Morgan fingerprint density at radius 2 is 1.62 bits per heavy atom. The molecule has 2 amide bonds. The van der Waals surface area contributed by atoms with E-state index in [1.54, 1.807) is 29.2 Å². The van der Waals surface area contributed by atoms with Crippen LogP contribution in [0.2, 0.25) is 0 Å². The number of amides is 2. The average Bonchev–Trinajstić information content (AvgIpc) is 2.81. The number of carbonyl (C=O) groups is 2. The number of nitrogens with two attached hydrogens (primary N) is 1. The highest BCUT2D eigenvalue weighted by Crippen LogP contribution is 2.23. The van der Waals surface area contributed by atoms with Gasteiger partial charge in [-0.25, -0.2) is 0 Å². The van der Waals surface area contributed by atoms with E-state index in [2.05, 4.69) is 0 Å². The van der Waals surface area contributed by atoms with Crippen LogP contribution in [-0.2, 0) is 11.3 Å². The number of pyridine rings is 1. The lowest BCUT2D eigenvalue weighted by molar-refractivity contribution is -0.120. The molecular formula is C26H23N3O3. The first kappa shape index (κ1) is 21.1. The SMILES string of the molecule is Cc1ccccc1N(Cc1ccc2ccccc2n1)C(=O)COc1ccccc1C(N)=O. The Bertz CT molecular complexity index is 1290. The summed E-state index contributed by atoms with van der Waals surface area (Å²) >= 11 is 0. The van der Waals surface area contributed by atoms with Gasteiger partial charge < -0.3 is 15.4 Å². The maximum Gasteiger partial charge on any atom is 0.265 e. The number of rotatable bonds is 7. The van der Waals surface area contributed by atoms with Gasteiger partial charge in [-0.2, -0.15) is 0 Å². The van der Waals surface area contributed by atoms with E-state index >= 15 is 0 Å². The van der Waals surface area contributed by atoms with Crippen molar-refractivity contribution in [3.63, 3.8) is 0 Å². The van der Waals surface area contributed by atoms with Crippen LogP contribution >= 0.6 is 0 Å². The van der Waals surface area contributed by atoms with Crippen LogP contribution in [0, 0.1) is 6.92 Å². The number of anilines is 1. The third kappa shape index (κ3) is 4.59. The zero-order valence-corrected chi connectivity index (χ0v) is 17.7. The first-order valence-corrected chi connectivity index (χ1v) is 10.3. The fourth-order valence-electron chi connectivity index (χ4n) is 3.55. The molecule has 0 spiro atoms. The van der Waals surface area contributed by atoms with E-state index in [0.717, 1.165) is 27.8 Å². The molecule has 4 rings (SSSR count). The second-order valence-corrected chi connectivity index (χ2v) is 7.41. The Kier molecular flexibility index (Phi) is 6.12. The largest absolute Gasteiger partial charge is 0.483 e. The zero-order chi connectivity index (χ0) is 22.5. The highest BCUT2D eigenvalue weighted by Gasteiger charge is 2.20. The minimum absolute atomic E-state index is 0.235. The Labute approximate surface area is 186 Å². The molecule has 0 bridgehead atoms. The van der Waals surface area contributed by atoms with Gasteiger partial charge in [0.25, 0.3) is 11.8 Å². The van der Waals surface area contributed by atoms with E-state index in [0.29, 0.717) is 0 Å². The summed E-state index contributed by atoms with van der Waals surface area (Å²) in [5.74, 6) is -0.584. The number of aromatic nitrogens is 1. The monoisotopic (exact) mass is 425 g/mol. The van der Waals surface area contributed by atoms with Crippen LogP contribution in [0.5, 0.6) is 5.75 Å². The van der Waals surface area contributed by atoms with Gasteiger partial charge >= 0.3 is 0 Å². The summed E-state index contributed by atoms with van der Waals surface area (Å²) in [7, 11) is 0. The third-order valence-corrected chi connectivity index (χ3v) is 5.19. The van der Waals surface area contributed by atoms with Gasteiger partial charge in [0.1, 0.15) is 5.75 Å². The molecule has 0 saturated carbocycles. The van der Waals surface area contributed by atoms with Gasteiger partial charge in [-0.1, -0.05) is 54.6 Å². The highest BCUT2D eigenvalue weighted by molar-refractivity contribution is 5.97. The molecule has 1 aromatic heterocycles. The lowest BCUT2D eigenvalue weighted by atomic mass is 10.1. The summed E-state index contributed by atoms with van der Waals surface area (Å²) < 4.78 is 5.70. The Balaban J connectivity index is 1.61. The summed E-state index contributed by atoms with van der Waals surface area (Å²) in [6, 6.07) is 26.0. The van der Waals surface area contributed by atoms with E-state index in [4.69, 9.17) is 15.5 Å². The van der Waals surface area contributed by atoms with Crippen molar-refractivity contribution in [1.82, 2.24) is 4.98 Å². The Morgan fingerprint density at radius 3 is 2.44 bits per heavy atom. The normalized spacial score (nSPS) is 10.7. The quantitative estimate of drug-likeness (QED) is 0.480. The molecule has 0 radical (unpaired) electrons. The summed E-state index contributed by atoms with van der Waals surface area (Å²) in [5.41, 5.74) is 9.02. The van der Waals surface area contributed by atoms with Crippen LogP contribution in [0.25, 0.3) is 10.9 Å². The van der Waals surface area contributed by atoms with Crippen molar-refractivity contribution in [2.24, 2.45) is 5.73 Å². The number of nitrogens with zero attached hydrogens (tertiary/aromatic N) is 2. The van der Waals surface area contributed by atoms with E-state index in [-0.39, 0.29) is 30.4 Å². The molecule has 3 aromatic carbocycles. The predicted octanol–water partition coefficient (Wildman–Crippen LogP) is 4.25. The highest BCUT2D eigenvalue weighted by atomic mass is 16.5. The smallest absolute Gasteiger partial charge is 0.265 e. The van der Waals surface area contributed by atoms with Crippen LogP contribution < -0.4 is 15.4 Å². The Morgan fingerprint density at radius 1 is 0.906 bits per heavy atom. The first-order chi connectivity index (χ1) is 15.5. The van der Waals surface area contributed by atoms with Crippen molar-refractivity contribution >= 4 is 28.4 Å². The molecule has 4 aromatic rings. The van der Waals surface area contributed by atoms with Crippen molar-refractivity contribution in [2.75, 3.05) is 11.5 Å². The second-order valence-electron chi connectivity index (χ2n) is 7.41. The summed E-state index contributed by atoms with van der Waals surface area (Å²) in [4.78, 5) is 31.3. The van der Waals surface area contributed by atoms with Gasteiger partial charge in [-0.05, 0) is 42.8 Å². The van der Waals surface area contributed by atoms with Crippen LogP contribution in [0.3, 0.4) is 0 Å². The number of primary amides is 1. The summed E-state index contributed by atoms with van der Waals surface area (Å²) in [5, 5.41) is 1.04. The number of ether oxygens (including phenoxy) is 1. The number of para-hydroxylation sites is 3. The van der Waals surface area contributed by atoms with Crippen molar-refractivity contribution in [3.05, 3.63) is 102 Å². The molecule has 6 heteroatoms. The lowest BCUT2D eigenvalue weighted by Crippen LogP contribution is -2.35. The van der Waals surface area contributed by atoms with Gasteiger partial charge in [0.15, 0.2) is 6.61 Å². The number of hydrogen-bond donors (Lipinski definition) is 1. The summed E-state index contributed by atoms with van der Waals surface area (Å²) in [6.45, 7) is 1.99. The number of aryl methyl sites for hydroxylation is 1. The summed E-state index contributed by atoms with van der Waals surface area (Å²) in [6.07, 6.45) is 0. The number of fused-ring (bicyclic) bond motifs is 1. The van der Waals surface area contributed by atoms with Gasteiger partial charge in [-0.15, -0.1) is 0 Å². The fourth-order valence-corrected chi connectivity index (χ4v) is 3.55. The molecule has 160 valence electrons. The first-order valence-electron chi connectivity index (χ1n) is 10.3. The van der Waals surface area contributed by atoms with Crippen LogP contribution in [0.1, 0.15) is 21.6 Å². The molecular weight excluding hydrogens is 402 g/mol. The molecule has 0 aliphatic heterocycles. The van der Waals surface area contributed by atoms with Crippen molar-refractivity contribution in [1.29, 1.82) is 0 Å². The second kappa shape index (κ2) is 9.31. The van der Waals surface area contributed by atoms with E-state index in [1.807, 2.05) is 67.6 Å². The van der Waals surface area contributed by atoms with E-state index < -0.39 is 5.91 Å². The lowest BCUT2D eigenvalue weighted by Gasteiger charge is -2.24. The maximum absolute atomic E-state index is 13.3. The molecule has 32 heavy (non-hydrogen) atoms. The molecule has 0 saturated heterocycles. The molecule has 0 fully saturated rings. The van der Waals surface area contributed by atoms with Gasteiger partial charge in [-0.3, -0.25) is 14.6 Å². The third-order valence-electron chi connectivity index (χ3n) is 5.19. The molecule has 6 nitrogen and oxygen atoms in total.